The van der Waals surface area contributed by atoms with Crippen molar-refractivity contribution in [2.24, 2.45) is 15.0 Å². The highest BCUT2D eigenvalue weighted by Crippen LogP contribution is 2.50. The monoisotopic (exact) mass is 1390 g/mol. The van der Waals surface area contributed by atoms with Crippen LogP contribution >= 0.6 is 0 Å². The average Bonchev–Trinajstić information content (AvgIpc) is 1.58. The molecule has 5 aliphatic rings. The number of rotatable bonds is 10. The van der Waals surface area contributed by atoms with Crippen LogP contribution in [0.2, 0.25) is 0 Å². The van der Waals surface area contributed by atoms with Gasteiger partial charge in [-0.15, -0.1) is 0 Å². The van der Waals surface area contributed by atoms with Gasteiger partial charge >= 0.3 is 18.1 Å². The standard InChI is InChI=1S/C29H24F4N2O2.C28H23FN2O4.C26H21FN2O2/c30-22-5-7-23(8-6-22)35-25-14-21-16-34-15-20(21)13-24(25)26(27(35)18-9-11-37-12-10-18)17-1-3-19(4-2-17)28(36)29(31,32)33;1-15(2)27-26-20-5-3-16(28(32)33)11-24(20)34-7-8-35-25-12-19(29)4-6-22(25)31(27)23-10-18-14-30-13-17(18)9-21(23)26;1-15(2)25-24(16-7-9-17(10-8-16)26(30)31)20-11-18-13-28-14-19(18)12-23(20)29(25)22-6-4-3-5-21(22)27/h1-8,13-14,16,18,28,36H,9-12,15H2;3-6,9-12,14-15H,7-8,13H2,1-2H3,(H,32,33);3-12,14-15H,13H2,1-2H3,(H,30,31). The summed E-state index contributed by atoms with van der Waals surface area (Å²) in [4.78, 5) is 36.3. The Balaban J connectivity index is 0.000000125. The first-order valence-corrected chi connectivity index (χ1v) is 34.0. The van der Waals surface area contributed by atoms with Gasteiger partial charge in [-0.05, 0) is 190 Å². The Morgan fingerprint density at radius 3 is 1.56 bits per heavy atom. The molecule has 20 heteroatoms. The number of hydrogen-bond donors (Lipinski definition) is 3. The van der Waals surface area contributed by atoms with Crippen LogP contribution in [-0.2, 0) is 24.4 Å². The van der Waals surface area contributed by atoms with Crippen LogP contribution in [-0.4, -0.2) is 92.2 Å². The number of carboxylic acid groups (broad SMARTS) is 2. The van der Waals surface area contributed by atoms with Gasteiger partial charge in [0.25, 0.3) is 0 Å². The molecule has 17 rings (SSSR count). The summed E-state index contributed by atoms with van der Waals surface area (Å²) in [6, 6.07) is 48.2. The van der Waals surface area contributed by atoms with Gasteiger partial charge in [0.1, 0.15) is 42.2 Å². The summed E-state index contributed by atoms with van der Waals surface area (Å²) in [5, 5.41) is 31.6. The number of alkyl halides is 3. The summed E-state index contributed by atoms with van der Waals surface area (Å²) < 4.78 is 106. The second kappa shape index (κ2) is 27.2. The van der Waals surface area contributed by atoms with E-state index in [0.717, 1.165) is 141 Å². The molecule has 0 spiro atoms. The van der Waals surface area contributed by atoms with E-state index < -0.39 is 24.2 Å². The van der Waals surface area contributed by atoms with Crippen LogP contribution < -0.4 is 9.47 Å². The zero-order valence-electron chi connectivity index (χ0n) is 56.4. The van der Waals surface area contributed by atoms with Crippen LogP contribution in [0, 0.1) is 17.5 Å². The lowest BCUT2D eigenvalue weighted by atomic mass is 9.89. The SMILES string of the molecule is CC(C)c1c(-c2ccc(C(=O)O)cc2)c2cc3c(cc2n1-c1ccccc1F)C=NC3.CC(C)c1c2c3cc4c(cc3n1-c1ccc(F)cc1OCCOc1cc(C(=O)O)ccc1-2)C=NC4.OC(c1ccc(-c2c(C3CCOCC3)n(-c3ccc(F)cc3)c3cc4c(cc23)CN=C4)cc1)C(F)(F)F. The van der Waals surface area contributed by atoms with Gasteiger partial charge in [-0.25, -0.2) is 22.8 Å². The van der Waals surface area contributed by atoms with Crippen LogP contribution in [0.25, 0.3) is 83.2 Å². The average molecular weight is 1390 g/mol. The molecule has 2 bridgehead atoms. The summed E-state index contributed by atoms with van der Waals surface area (Å²) >= 11 is 0. The van der Waals surface area contributed by atoms with Crippen LogP contribution in [0.1, 0.15) is 141 Å². The highest BCUT2D eigenvalue weighted by atomic mass is 19.4. The molecule has 0 radical (unpaired) electrons. The number of fused-ring (bicyclic) bond motifs is 14. The van der Waals surface area contributed by atoms with Crippen LogP contribution in [0.3, 0.4) is 0 Å². The third-order valence-corrected chi connectivity index (χ3v) is 19.7. The Morgan fingerprint density at radius 2 is 1.00 bits per heavy atom. The first-order valence-electron chi connectivity index (χ1n) is 34.0. The normalized spacial score (nSPS) is 14.7. The van der Waals surface area contributed by atoms with Crippen LogP contribution in [0.15, 0.2) is 185 Å². The van der Waals surface area contributed by atoms with Crippen molar-refractivity contribution < 1.29 is 65.5 Å². The lowest BCUT2D eigenvalue weighted by Gasteiger charge is -2.26. The van der Waals surface area contributed by atoms with Crippen molar-refractivity contribution in [3.05, 3.63) is 254 Å². The van der Waals surface area contributed by atoms with E-state index in [-0.39, 0.29) is 65.1 Å². The van der Waals surface area contributed by atoms with Crippen molar-refractivity contribution in [3.8, 4) is 61.9 Å². The number of aromatic carboxylic acids is 2. The molecule has 1 fully saturated rings. The predicted octanol–water partition coefficient (Wildman–Crippen LogP) is 19.0. The number of aliphatic hydroxyl groups excluding tert-OH is 1. The molecular weight excluding hydrogens is 1320 g/mol. The zero-order chi connectivity index (χ0) is 71.7. The summed E-state index contributed by atoms with van der Waals surface area (Å²) in [6.07, 6.45) is -0.122. The smallest absolute Gasteiger partial charge is 0.418 e. The Labute approximate surface area is 587 Å². The van der Waals surface area contributed by atoms with E-state index in [1.165, 1.54) is 42.5 Å². The minimum Gasteiger partial charge on any atom is -0.489 e. The van der Waals surface area contributed by atoms with Gasteiger partial charge in [0.05, 0.1) is 58.7 Å². The van der Waals surface area contributed by atoms with E-state index in [1.807, 2.05) is 47.5 Å². The van der Waals surface area contributed by atoms with Gasteiger partial charge in [-0.3, -0.25) is 15.0 Å². The molecule has 5 aliphatic heterocycles. The van der Waals surface area contributed by atoms with E-state index in [9.17, 15) is 51.3 Å². The zero-order valence-corrected chi connectivity index (χ0v) is 56.4. The fraction of sp³-hybridized carbons (Fsp3) is 0.217. The van der Waals surface area contributed by atoms with Crippen molar-refractivity contribution in [1.29, 1.82) is 0 Å². The summed E-state index contributed by atoms with van der Waals surface area (Å²) in [5.41, 5.74) is 19.8. The molecule has 8 heterocycles. The maximum Gasteiger partial charge on any atom is 0.418 e. The molecule has 103 heavy (non-hydrogen) atoms. The third kappa shape index (κ3) is 12.5. The molecule has 9 aromatic carbocycles. The molecular formula is C83H68F6N6O8. The predicted molar refractivity (Wildman–Crippen MR) is 387 cm³/mol. The lowest BCUT2D eigenvalue weighted by Crippen LogP contribution is -2.20. The second-order valence-electron chi connectivity index (χ2n) is 26.8. The number of benzene rings is 9. The summed E-state index contributed by atoms with van der Waals surface area (Å²) in [5.74, 6) is -1.78. The van der Waals surface area contributed by atoms with E-state index in [0.29, 0.717) is 50.0 Å². The summed E-state index contributed by atoms with van der Waals surface area (Å²) in [6.45, 7) is 11.8. The number of aliphatic hydroxyl groups is 1. The molecule has 12 aromatic rings. The topological polar surface area (TPSA) is 174 Å². The molecule has 1 unspecified atom stereocenters. The van der Waals surface area contributed by atoms with E-state index in [2.05, 4.69) is 88.2 Å². The number of carboxylic acids is 2. The minimum atomic E-state index is -4.74. The first kappa shape index (κ1) is 67.5. The third-order valence-electron chi connectivity index (χ3n) is 19.7. The van der Waals surface area contributed by atoms with E-state index in [1.54, 1.807) is 66.7 Å². The van der Waals surface area contributed by atoms with Crippen LogP contribution in [0.4, 0.5) is 26.3 Å². The van der Waals surface area contributed by atoms with E-state index >= 15 is 0 Å². The number of hydrogen-bond acceptors (Lipinski definition) is 9. The van der Waals surface area contributed by atoms with E-state index in [4.69, 9.17) is 14.2 Å². The Bertz CT molecular complexity index is 5470. The fourth-order valence-corrected chi connectivity index (χ4v) is 15.0. The Hall–Kier alpha value is -11.4. The van der Waals surface area contributed by atoms with Gasteiger partial charge in [-0.1, -0.05) is 76.2 Å². The fourth-order valence-electron chi connectivity index (χ4n) is 15.0. The quantitative estimate of drug-likeness (QED) is 0.113. The van der Waals surface area contributed by atoms with Crippen LogP contribution in [0.5, 0.6) is 11.5 Å². The molecule has 1 saturated heterocycles. The number of halogens is 6. The molecule has 14 nitrogen and oxygen atoms in total. The Morgan fingerprint density at radius 1 is 0.505 bits per heavy atom. The van der Waals surface area contributed by atoms with Crippen molar-refractivity contribution in [2.75, 3.05) is 26.4 Å². The number of aromatic nitrogens is 3. The van der Waals surface area contributed by atoms with Crippen molar-refractivity contribution in [3.63, 3.8) is 0 Å². The molecule has 1 atom stereocenters. The number of ether oxygens (including phenoxy) is 3. The first-order chi connectivity index (χ1) is 49.7. The second-order valence-corrected chi connectivity index (χ2v) is 26.8. The minimum absolute atomic E-state index is 0.0755. The largest absolute Gasteiger partial charge is 0.489 e. The van der Waals surface area contributed by atoms with Crippen molar-refractivity contribution in [1.82, 2.24) is 13.7 Å². The molecule has 3 aromatic heterocycles. The molecule has 0 amide bonds. The number of carbonyl (C=O) groups is 2. The Kier molecular flexibility index (Phi) is 17.8. The molecule has 0 saturated carbocycles. The molecule has 0 aliphatic carbocycles. The highest BCUT2D eigenvalue weighted by Gasteiger charge is 2.40. The maximum atomic E-state index is 15.0. The van der Waals surface area contributed by atoms with Gasteiger partial charge in [0, 0.05) is 105 Å². The van der Waals surface area contributed by atoms with Gasteiger partial charge < -0.3 is 43.2 Å². The summed E-state index contributed by atoms with van der Waals surface area (Å²) in [7, 11) is 0. The van der Waals surface area contributed by atoms with Crippen molar-refractivity contribution in [2.45, 2.75) is 90.2 Å². The van der Waals surface area contributed by atoms with Crippen molar-refractivity contribution >= 4 is 63.3 Å². The number of nitrogens with zero attached hydrogens (tertiary/aromatic N) is 6. The number of para-hydroxylation sites is 1. The highest BCUT2D eigenvalue weighted by molar-refractivity contribution is 6.07. The lowest BCUT2D eigenvalue weighted by molar-refractivity contribution is -0.206. The van der Waals surface area contributed by atoms with Gasteiger partial charge in [0.15, 0.2) is 6.10 Å². The number of aliphatic imine (C=N–C) groups is 3. The van der Waals surface area contributed by atoms with Gasteiger partial charge in [-0.2, -0.15) is 13.2 Å². The maximum absolute atomic E-state index is 15.0. The molecule has 3 N–H and O–H groups in total. The molecule has 520 valence electrons. The van der Waals surface area contributed by atoms with Gasteiger partial charge in [0.2, 0.25) is 0 Å².